The fourth-order valence-electron chi connectivity index (χ4n) is 1.89. The van der Waals surface area contributed by atoms with Crippen molar-refractivity contribution in [2.24, 2.45) is 5.92 Å². The Morgan fingerprint density at radius 1 is 1.61 bits per heavy atom. The number of ether oxygens (including phenoxy) is 1. The van der Waals surface area contributed by atoms with Gasteiger partial charge in [-0.15, -0.1) is 5.10 Å². The summed E-state index contributed by atoms with van der Waals surface area (Å²) in [5.74, 6) is -1.15. The number of hydrogen-bond acceptors (Lipinski definition) is 5. The van der Waals surface area contributed by atoms with Crippen LogP contribution >= 0.6 is 0 Å². The molecule has 8 heteroatoms. The first-order valence-electron chi connectivity index (χ1n) is 5.55. The molecule has 0 spiro atoms. The summed E-state index contributed by atoms with van der Waals surface area (Å²) in [4.78, 5) is 21.6. The third kappa shape index (κ3) is 2.65. The number of carboxylic acid groups (broad SMARTS) is 1. The third-order valence-electron chi connectivity index (χ3n) is 2.85. The highest BCUT2D eigenvalue weighted by atomic mass is 16.5. The van der Waals surface area contributed by atoms with E-state index >= 15 is 0 Å². The lowest BCUT2D eigenvalue weighted by Crippen LogP contribution is -2.32. The van der Waals surface area contributed by atoms with E-state index in [9.17, 15) is 9.59 Å². The summed E-state index contributed by atoms with van der Waals surface area (Å²) < 4.78 is 6.83. The van der Waals surface area contributed by atoms with Crippen LogP contribution in [0.15, 0.2) is 6.20 Å². The van der Waals surface area contributed by atoms with Gasteiger partial charge in [-0.2, -0.15) is 0 Å². The van der Waals surface area contributed by atoms with Crippen LogP contribution in [0.25, 0.3) is 0 Å². The molecule has 1 saturated heterocycles. The molecule has 2 N–H and O–H groups in total. The zero-order chi connectivity index (χ0) is 13.1. The molecule has 18 heavy (non-hydrogen) atoms. The number of carboxylic acids is 1. The maximum Gasteiger partial charge on any atom is 0.358 e. The largest absolute Gasteiger partial charge is 0.476 e. The van der Waals surface area contributed by atoms with Crippen LogP contribution in [0, 0.1) is 5.92 Å². The molecule has 98 valence electrons. The molecule has 2 heterocycles. The van der Waals surface area contributed by atoms with Gasteiger partial charge in [0.1, 0.15) is 0 Å². The van der Waals surface area contributed by atoms with E-state index in [1.54, 1.807) is 0 Å². The van der Waals surface area contributed by atoms with Gasteiger partial charge >= 0.3 is 5.97 Å². The lowest BCUT2D eigenvalue weighted by atomic mass is 10.0. The van der Waals surface area contributed by atoms with Gasteiger partial charge in [-0.1, -0.05) is 5.21 Å². The Kier molecular flexibility index (Phi) is 3.56. The quantitative estimate of drug-likeness (QED) is 0.735. The molecule has 1 aromatic rings. The van der Waals surface area contributed by atoms with Crippen LogP contribution in [0.1, 0.15) is 23.5 Å². The van der Waals surface area contributed by atoms with Crippen molar-refractivity contribution in [1.82, 2.24) is 20.3 Å². The van der Waals surface area contributed by atoms with Gasteiger partial charge in [-0.3, -0.25) is 4.79 Å². The Bertz CT molecular complexity index is 458. The number of nitrogens with zero attached hydrogens (tertiary/aromatic N) is 3. The minimum absolute atomic E-state index is 0.0669. The molecule has 0 aliphatic carbocycles. The molecule has 0 unspecified atom stereocenters. The number of carbonyl (C=O) groups excluding carboxylic acids is 1. The molecule has 8 nitrogen and oxygen atoms in total. The fourth-order valence-corrected chi connectivity index (χ4v) is 1.89. The Labute approximate surface area is 103 Å². The van der Waals surface area contributed by atoms with Crippen molar-refractivity contribution in [2.45, 2.75) is 13.0 Å². The van der Waals surface area contributed by atoms with Crippen LogP contribution in [0.2, 0.25) is 0 Å². The van der Waals surface area contributed by atoms with Gasteiger partial charge in [0, 0.05) is 19.4 Å². The number of hydrogen-bond donors (Lipinski definition) is 2. The normalized spacial score (nSPS) is 22.9. The van der Waals surface area contributed by atoms with Crippen molar-refractivity contribution in [3.63, 3.8) is 0 Å². The molecule has 2 atom stereocenters. The van der Waals surface area contributed by atoms with Crippen LogP contribution in [0.3, 0.4) is 0 Å². The summed E-state index contributed by atoms with van der Waals surface area (Å²) in [6.07, 6.45) is 1.38. The van der Waals surface area contributed by atoms with Crippen molar-refractivity contribution in [2.75, 3.05) is 19.8 Å². The fraction of sp³-hybridized carbons (Fsp3) is 0.600. The van der Waals surface area contributed by atoms with Crippen molar-refractivity contribution in [1.29, 1.82) is 0 Å². The highest BCUT2D eigenvalue weighted by Crippen LogP contribution is 2.24. The van der Waals surface area contributed by atoms with Crippen molar-refractivity contribution in [3.8, 4) is 0 Å². The van der Waals surface area contributed by atoms with E-state index in [0.29, 0.717) is 19.8 Å². The standard InChI is InChI=1S/C10H14N4O4/c1-6(15)11-2-7-4-18-5-9(7)14-3-8(10(16)17)12-13-14/h3,7,9H,2,4-5H2,1H3,(H,11,15)(H,16,17)/t7-,9-/m1/s1. The molecule has 2 rings (SSSR count). The molecule has 1 aliphatic rings. The second-order valence-corrected chi connectivity index (χ2v) is 4.19. The average Bonchev–Trinajstić information content (AvgIpc) is 2.94. The Balaban J connectivity index is 2.05. The molecular formula is C10H14N4O4. The van der Waals surface area contributed by atoms with Gasteiger partial charge in [0.15, 0.2) is 5.69 Å². The zero-order valence-corrected chi connectivity index (χ0v) is 9.87. The summed E-state index contributed by atoms with van der Waals surface area (Å²) >= 11 is 0. The van der Waals surface area contributed by atoms with Crippen LogP contribution in [-0.2, 0) is 9.53 Å². The Hall–Kier alpha value is -1.96. The molecule has 1 fully saturated rings. The minimum Gasteiger partial charge on any atom is -0.476 e. The summed E-state index contributed by atoms with van der Waals surface area (Å²) in [5, 5.41) is 18.8. The van der Waals surface area contributed by atoms with Crippen LogP contribution in [0.4, 0.5) is 0 Å². The predicted molar refractivity (Wildman–Crippen MR) is 59.0 cm³/mol. The molecule has 0 radical (unpaired) electrons. The number of rotatable bonds is 4. The van der Waals surface area contributed by atoms with Crippen LogP contribution < -0.4 is 5.32 Å². The molecule has 0 saturated carbocycles. The van der Waals surface area contributed by atoms with E-state index in [0.717, 1.165) is 0 Å². The van der Waals surface area contributed by atoms with Gasteiger partial charge in [-0.25, -0.2) is 9.48 Å². The molecule has 1 amide bonds. The number of amides is 1. The monoisotopic (exact) mass is 254 g/mol. The van der Waals surface area contributed by atoms with Gasteiger partial charge in [0.05, 0.1) is 25.5 Å². The first-order chi connectivity index (χ1) is 8.58. The second-order valence-electron chi connectivity index (χ2n) is 4.19. The number of nitrogens with one attached hydrogen (secondary N) is 1. The van der Waals surface area contributed by atoms with E-state index in [-0.39, 0.29) is 23.6 Å². The van der Waals surface area contributed by atoms with E-state index in [1.165, 1.54) is 17.8 Å². The van der Waals surface area contributed by atoms with Crippen LogP contribution in [-0.4, -0.2) is 51.7 Å². The highest BCUT2D eigenvalue weighted by molar-refractivity contribution is 5.84. The lowest BCUT2D eigenvalue weighted by Gasteiger charge is -2.17. The van der Waals surface area contributed by atoms with Crippen molar-refractivity contribution >= 4 is 11.9 Å². The summed E-state index contributed by atoms with van der Waals surface area (Å²) in [6.45, 7) is 2.87. The smallest absolute Gasteiger partial charge is 0.358 e. The van der Waals surface area contributed by atoms with E-state index in [1.807, 2.05) is 0 Å². The SMILES string of the molecule is CC(=O)NC[C@@H]1COC[C@H]1n1cc(C(=O)O)nn1. The lowest BCUT2D eigenvalue weighted by molar-refractivity contribution is -0.119. The van der Waals surface area contributed by atoms with Crippen molar-refractivity contribution < 1.29 is 19.4 Å². The van der Waals surface area contributed by atoms with Crippen LogP contribution in [0.5, 0.6) is 0 Å². The summed E-state index contributed by atoms with van der Waals surface area (Å²) in [7, 11) is 0. The topological polar surface area (TPSA) is 106 Å². The van der Waals surface area contributed by atoms with E-state index in [4.69, 9.17) is 9.84 Å². The predicted octanol–water partition coefficient (Wildman–Crippen LogP) is -0.700. The Morgan fingerprint density at radius 3 is 3.00 bits per heavy atom. The molecular weight excluding hydrogens is 240 g/mol. The zero-order valence-electron chi connectivity index (χ0n) is 9.87. The average molecular weight is 254 g/mol. The Morgan fingerprint density at radius 2 is 2.39 bits per heavy atom. The van der Waals surface area contributed by atoms with Gasteiger partial charge in [-0.05, 0) is 0 Å². The first-order valence-corrected chi connectivity index (χ1v) is 5.55. The van der Waals surface area contributed by atoms with E-state index in [2.05, 4.69) is 15.6 Å². The van der Waals surface area contributed by atoms with Gasteiger partial charge in [0.2, 0.25) is 5.91 Å². The minimum atomic E-state index is -1.11. The van der Waals surface area contributed by atoms with E-state index < -0.39 is 5.97 Å². The number of aromatic nitrogens is 3. The molecule has 0 bridgehead atoms. The maximum atomic E-state index is 10.9. The molecule has 1 aliphatic heterocycles. The summed E-state index contributed by atoms with van der Waals surface area (Å²) in [5.41, 5.74) is -0.0971. The first kappa shape index (κ1) is 12.5. The summed E-state index contributed by atoms with van der Waals surface area (Å²) in [6, 6.07) is -0.0996. The molecule has 1 aromatic heterocycles. The number of carbonyl (C=O) groups is 2. The number of aromatic carboxylic acids is 1. The van der Waals surface area contributed by atoms with Gasteiger partial charge in [0.25, 0.3) is 0 Å². The second kappa shape index (κ2) is 5.13. The van der Waals surface area contributed by atoms with Crippen molar-refractivity contribution in [3.05, 3.63) is 11.9 Å². The van der Waals surface area contributed by atoms with Gasteiger partial charge < -0.3 is 15.2 Å². The maximum absolute atomic E-state index is 10.9. The highest BCUT2D eigenvalue weighted by Gasteiger charge is 2.31. The third-order valence-corrected chi connectivity index (χ3v) is 2.85. The molecule has 0 aromatic carbocycles.